The van der Waals surface area contributed by atoms with Gasteiger partial charge in [-0.2, -0.15) is 0 Å². The standard InChI is InChI=1S/C21H23ClF2O4/c1-12(8-19(25)21(26)27)6-7-13-10-18(24)20(28-2)11-14(13)9-15-16(22)4-3-5-17(15)23/h3-5,10-12,19,25H,6-9H2,1-2H3,(H,26,27). The van der Waals surface area contributed by atoms with Gasteiger partial charge in [-0.15, -0.1) is 0 Å². The van der Waals surface area contributed by atoms with E-state index in [4.69, 9.17) is 21.4 Å². The highest BCUT2D eigenvalue weighted by Crippen LogP contribution is 2.29. The maximum Gasteiger partial charge on any atom is 0.332 e. The van der Waals surface area contributed by atoms with Gasteiger partial charge < -0.3 is 14.9 Å². The van der Waals surface area contributed by atoms with Gasteiger partial charge in [0.25, 0.3) is 0 Å². The predicted octanol–water partition coefficient (Wildman–Crippen LogP) is 4.62. The number of carboxylic acid groups (broad SMARTS) is 1. The lowest BCUT2D eigenvalue weighted by molar-refractivity contribution is -0.147. The minimum absolute atomic E-state index is 0.0561. The molecule has 0 saturated heterocycles. The lowest BCUT2D eigenvalue weighted by Crippen LogP contribution is -2.22. The number of carboxylic acids is 1. The van der Waals surface area contributed by atoms with Crippen LogP contribution in [0.5, 0.6) is 5.75 Å². The molecule has 0 aliphatic heterocycles. The zero-order valence-electron chi connectivity index (χ0n) is 15.7. The molecule has 7 heteroatoms. The van der Waals surface area contributed by atoms with Gasteiger partial charge in [-0.3, -0.25) is 0 Å². The number of aliphatic hydroxyl groups is 1. The fourth-order valence-corrected chi connectivity index (χ4v) is 3.31. The first-order valence-electron chi connectivity index (χ1n) is 8.92. The van der Waals surface area contributed by atoms with E-state index in [1.807, 2.05) is 6.92 Å². The lowest BCUT2D eigenvalue weighted by Gasteiger charge is -2.17. The summed E-state index contributed by atoms with van der Waals surface area (Å²) < 4.78 is 33.5. The fourth-order valence-electron chi connectivity index (χ4n) is 3.08. The molecule has 0 saturated carbocycles. The van der Waals surface area contributed by atoms with Crippen molar-refractivity contribution in [3.8, 4) is 5.75 Å². The minimum Gasteiger partial charge on any atom is -0.494 e. The maximum absolute atomic E-state index is 14.2. The first-order valence-corrected chi connectivity index (χ1v) is 9.29. The van der Waals surface area contributed by atoms with Crippen LogP contribution in [0.4, 0.5) is 8.78 Å². The Hall–Kier alpha value is -2.18. The van der Waals surface area contributed by atoms with Gasteiger partial charge in [0.05, 0.1) is 7.11 Å². The van der Waals surface area contributed by atoms with Gasteiger partial charge in [-0.05, 0) is 60.6 Å². The minimum atomic E-state index is -1.43. The van der Waals surface area contributed by atoms with Crippen LogP contribution in [0.25, 0.3) is 0 Å². The molecular formula is C21H23ClF2O4. The number of aliphatic carboxylic acids is 1. The zero-order chi connectivity index (χ0) is 20.8. The van der Waals surface area contributed by atoms with E-state index in [0.29, 0.717) is 29.5 Å². The van der Waals surface area contributed by atoms with Gasteiger partial charge in [-0.25, -0.2) is 13.6 Å². The Balaban J connectivity index is 2.25. The normalized spacial score (nSPS) is 13.2. The Morgan fingerprint density at radius 1 is 1.21 bits per heavy atom. The van der Waals surface area contributed by atoms with Crippen LogP contribution in [-0.2, 0) is 17.6 Å². The molecule has 0 radical (unpaired) electrons. The van der Waals surface area contributed by atoms with Crippen LogP contribution < -0.4 is 4.74 Å². The Morgan fingerprint density at radius 3 is 2.54 bits per heavy atom. The molecule has 2 rings (SSSR count). The number of aryl methyl sites for hydroxylation is 1. The molecular weight excluding hydrogens is 390 g/mol. The van der Waals surface area contributed by atoms with E-state index in [2.05, 4.69) is 0 Å². The lowest BCUT2D eigenvalue weighted by atomic mass is 9.91. The largest absolute Gasteiger partial charge is 0.494 e. The first-order chi connectivity index (χ1) is 13.2. The van der Waals surface area contributed by atoms with Crippen LogP contribution in [0.3, 0.4) is 0 Å². The molecule has 2 atom stereocenters. The maximum atomic E-state index is 14.2. The second-order valence-electron chi connectivity index (χ2n) is 6.87. The third kappa shape index (κ3) is 5.66. The van der Waals surface area contributed by atoms with Gasteiger partial charge in [0.15, 0.2) is 17.7 Å². The topological polar surface area (TPSA) is 66.8 Å². The summed E-state index contributed by atoms with van der Waals surface area (Å²) in [4.78, 5) is 10.8. The number of halogens is 3. The van der Waals surface area contributed by atoms with Crippen LogP contribution in [-0.4, -0.2) is 29.4 Å². The van der Waals surface area contributed by atoms with E-state index >= 15 is 0 Å². The Morgan fingerprint density at radius 2 is 1.93 bits per heavy atom. The highest BCUT2D eigenvalue weighted by molar-refractivity contribution is 6.31. The highest BCUT2D eigenvalue weighted by Gasteiger charge is 2.19. The van der Waals surface area contributed by atoms with Crippen LogP contribution in [0.15, 0.2) is 30.3 Å². The van der Waals surface area contributed by atoms with Gasteiger partial charge in [0.1, 0.15) is 5.82 Å². The number of methoxy groups -OCH3 is 1. The number of hydrogen-bond acceptors (Lipinski definition) is 3. The number of rotatable bonds is 9. The number of benzene rings is 2. The van der Waals surface area contributed by atoms with Crippen molar-refractivity contribution in [2.45, 2.75) is 38.7 Å². The molecule has 0 heterocycles. The van der Waals surface area contributed by atoms with Crippen molar-refractivity contribution >= 4 is 17.6 Å². The highest BCUT2D eigenvalue weighted by atomic mass is 35.5. The number of carbonyl (C=O) groups is 1. The number of aliphatic hydroxyl groups excluding tert-OH is 1. The molecule has 0 amide bonds. The van der Waals surface area contributed by atoms with Crippen LogP contribution in [0.2, 0.25) is 5.02 Å². The van der Waals surface area contributed by atoms with Crippen LogP contribution >= 0.6 is 11.6 Å². The SMILES string of the molecule is COc1cc(Cc2c(F)cccc2Cl)c(CCC(C)CC(O)C(=O)O)cc1F. The molecule has 0 fully saturated rings. The van der Waals surface area contributed by atoms with E-state index in [0.717, 1.165) is 0 Å². The molecule has 28 heavy (non-hydrogen) atoms. The molecule has 0 aliphatic rings. The molecule has 2 unspecified atom stereocenters. The van der Waals surface area contributed by atoms with E-state index < -0.39 is 23.7 Å². The van der Waals surface area contributed by atoms with Crippen molar-refractivity contribution in [1.29, 1.82) is 0 Å². The monoisotopic (exact) mass is 412 g/mol. The number of hydrogen-bond donors (Lipinski definition) is 2. The van der Waals surface area contributed by atoms with Crippen molar-refractivity contribution in [3.05, 3.63) is 63.7 Å². The second kappa shape index (κ2) is 9.85. The Labute approximate surface area is 167 Å². The molecule has 0 bridgehead atoms. The van der Waals surface area contributed by atoms with E-state index in [-0.39, 0.29) is 29.5 Å². The summed E-state index contributed by atoms with van der Waals surface area (Å²) in [6.45, 7) is 1.82. The van der Waals surface area contributed by atoms with Crippen molar-refractivity contribution in [1.82, 2.24) is 0 Å². The molecule has 2 N–H and O–H groups in total. The van der Waals surface area contributed by atoms with Gasteiger partial charge in [0.2, 0.25) is 0 Å². The van der Waals surface area contributed by atoms with Crippen molar-refractivity contribution in [3.63, 3.8) is 0 Å². The predicted molar refractivity (Wildman–Crippen MR) is 103 cm³/mol. The van der Waals surface area contributed by atoms with E-state index in [1.165, 1.54) is 31.4 Å². The summed E-state index contributed by atoms with van der Waals surface area (Å²) in [6.07, 6.45) is -0.185. The number of ether oxygens (including phenoxy) is 1. The summed E-state index contributed by atoms with van der Waals surface area (Å²) in [5, 5.41) is 18.6. The molecule has 2 aromatic carbocycles. The van der Waals surface area contributed by atoms with Gasteiger partial charge in [-0.1, -0.05) is 24.6 Å². The van der Waals surface area contributed by atoms with E-state index in [9.17, 15) is 18.7 Å². The van der Waals surface area contributed by atoms with Crippen LogP contribution in [0, 0.1) is 17.6 Å². The van der Waals surface area contributed by atoms with Crippen molar-refractivity contribution < 1.29 is 28.5 Å². The molecule has 0 aromatic heterocycles. The first kappa shape index (κ1) is 22.1. The molecule has 2 aromatic rings. The molecule has 4 nitrogen and oxygen atoms in total. The molecule has 152 valence electrons. The average Bonchev–Trinajstić information content (AvgIpc) is 2.64. The van der Waals surface area contributed by atoms with E-state index in [1.54, 1.807) is 6.07 Å². The third-order valence-corrected chi connectivity index (χ3v) is 5.07. The zero-order valence-corrected chi connectivity index (χ0v) is 16.5. The van der Waals surface area contributed by atoms with Crippen molar-refractivity contribution in [2.24, 2.45) is 5.92 Å². The summed E-state index contributed by atoms with van der Waals surface area (Å²) in [5.41, 5.74) is 1.65. The van der Waals surface area contributed by atoms with Gasteiger partial charge in [0, 0.05) is 17.0 Å². The summed E-state index contributed by atoms with van der Waals surface area (Å²) >= 11 is 6.12. The Bertz CT molecular complexity index is 821. The smallest absolute Gasteiger partial charge is 0.332 e. The Kier molecular flexibility index (Phi) is 7.78. The van der Waals surface area contributed by atoms with Crippen LogP contribution in [0.1, 0.15) is 36.5 Å². The molecule has 0 spiro atoms. The fraction of sp³-hybridized carbons (Fsp3) is 0.381. The second-order valence-corrected chi connectivity index (χ2v) is 7.27. The third-order valence-electron chi connectivity index (χ3n) is 4.72. The average molecular weight is 413 g/mol. The van der Waals surface area contributed by atoms with Gasteiger partial charge >= 0.3 is 5.97 Å². The summed E-state index contributed by atoms with van der Waals surface area (Å²) in [6, 6.07) is 7.31. The molecule has 0 aliphatic carbocycles. The van der Waals surface area contributed by atoms with Crippen molar-refractivity contribution in [2.75, 3.05) is 7.11 Å². The quantitative estimate of drug-likeness (QED) is 0.630. The summed E-state index contributed by atoms with van der Waals surface area (Å²) in [7, 11) is 1.35. The summed E-state index contributed by atoms with van der Waals surface area (Å²) in [5.74, 6) is -2.28.